The third kappa shape index (κ3) is 4.82. The second kappa shape index (κ2) is 8.58. The van der Waals surface area contributed by atoms with Crippen LogP contribution in [0.25, 0.3) is 0 Å². The van der Waals surface area contributed by atoms with Gasteiger partial charge in [-0.3, -0.25) is 4.79 Å². The van der Waals surface area contributed by atoms with Gasteiger partial charge in [-0.1, -0.05) is 29.8 Å². The highest BCUT2D eigenvalue weighted by molar-refractivity contribution is 6.30. The van der Waals surface area contributed by atoms with Gasteiger partial charge in [-0.2, -0.15) is 18.3 Å². The molecule has 164 valence electrons. The fourth-order valence-corrected chi connectivity index (χ4v) is 3.28. The van der Waals surface area contributed by atoms with Gasteiger partial charge < -0.3 is 10.1 Å². The van der Waals surface area contributed by atoms with Crippen molar-refractivity contribution in [2.24, 2.45) is 10.5 Å². The van der Waals surface area contributed by atoms with Crippen LogP contribution in [-0.2, 0) is 15.7 Å². The van der Waals surface area contributed by atoms with Crippen LogP contribution in [0, 0.1) is 5.41 Å². The maximum atomic E-state index is 12.9. The molecule has 1 atom stereocenters. The Morgan fingerprint density at radius 2 is 1.90 bits per heavy atom. The monoisotopic (exact) mass is 453 g/mol. The zero-order valence-electron chi connectivity index (χ0n) is 16.7. The second-order valence-corrected chi connectivity index (χ2v) is 7.51. The Labute approximate surface area is 181 Å². The summed E-state index contributed by atoms with van der Waals surface area (Å²) in [4.78, 5) is 25.4. The highest BCUT2D eigenvalue weighted by Crippen LogP contribution is 2.34. The number of carbonyl (C=O) groups is 2. The van der Waals surface area contributed by atoms with Gasteiger partial charge in [-0.05, 0) is 49.7 Å². The lowest BCUT2D eigenvalue weighted by Crippen LogP contribution is -2.42. The van der Waals surface area contributed by atoms with E-state index in [0.717, 1.165) is 17.1 Å². The number of amides is 2. The number of hydrogen-bond acceptors (Lipinski definition) is 4. The summed E-state index contributed by atoms with van der Waals surface area (Å²) in [5.74, 6) is -0.571. The number of urea groups is 1. The van der Waals surface area contributed by atoms with E-state index < -0.39 is 29.2 Å². The van der Waals surface area contributed by atoms with Crippen LogP contribution in [-0.4, -0.2) is 35.9 Å². The molecule has 0 aliphatic carbocycles. The lowest BCUT2D eigenvalue weighted by Gasteiger charge is -2.24. The molecule has 10 heteroatoms. The molecule has 1 unspecified atom stereocenters. The van der Waals surface area contributed by atoms with E-state index in [1.165, 1.54) is 12.1 Å². The number of anilines is 1. The van der Waals surface area contributed by atoms with Crippen LogP contribution in [0.4, 0.5) is 23.7 Å². The Bertz CT molecular complexity index is 1020. The van der Waals surface area contributed by atoms with Crippen LogP contribution >= 0.6 is 11.6 Å². The molecule has 1 N–H and O–H groups in total. The minimum atomic E-state index is -4.54. The smallest absolute Gasteiger partial charge is 0.416 e. The van der Waals surface area contributed by atoms with Crippen molar-refractivity contribution in [3.63, 3.8) is 0 Å². The summed E-state index contributed by atoms with van der Waals surface area (Å²) in [5.41, 5.74) is -1.35. The third-order valence-electron chi connectivity index (χ3n) is 4.73. The largest absolute Gasteiger partial charge is 0.465 e. The lowest BCUT2D eigenvalue weighted by molar-refractivity contribution is -0.150. The number of ether oxygens (including phenoxy) is 1. The number of rotatable bonds is 4. The molecular weight excluding hydrogens is 435 g/mol. The first-order valence-electron chi connectivity index (χ1n) is 9.32. The van der Waals surface area contributed by atoms with Gasteiger partial charge in [-0.15, -0.1) is 0 Å². The predicted molar refractivity (Wildman–Crippen MR) is 110 cm³/mol. The van der Waals surface area contributed by atoms with Crippen LogP contribution in [0.5, 0.6) is 0 Å². The predicted octanol–water partition coefficient (Wildman–Crippen LogP) is 5.18. The highest BCUT2D eigenvalue weighted by Gasteiger charge is 2.48. The van der Waals surface area contributed by atoms with Gasteiger partial charge in [0.05, 0.1) is 24.4 Å². The van der Waals surface area contributed by atoms with Gasteiger partial charge >= 0.3 is 18.2 Å². The Hall–Kier alpha value is -3.07. The standard InChI is InChI=1S/C21H19ClF3N3O3/c1-3-31-18(29)20(2)12-28(27-17(20)13-7-9-15(22)10-8-13)19(30)26-16-6-4-5-14(11-16)21(23,24)25/h4-11H,3,12H2,1-2H3,(H,26,30). The molecule has 1 aliphatic rings. The van der Waals surface area contributed by atoms with Crippen molar-refractivity contribution in [2.45, 2.75) is 20.0 Å². The highest BCUT2D eigenvalue weighted by atomic mass is 35.5. The van der Waals surface area contributed by atoms with Gasteiger partial charge in [0.15, 0.2) is 0 Å². The number of carbonyl (C=O) groups excluding carboxylic acids is 2. The molecule has 2 amide bonds. The fraction of sp³-hybridized carbons (Fsp3) is 0.286. The van der Waals surface area contributed by atoms with Crippen molar-refractivity contribution >= 4 is 35.0 Å². The van der Waals surface area contributed by atoms with E-state index >= 15 is 0 Å². The van der Waals surface area contributed by atoms with Crippen LogP contribution in [0.1, 0.15) is 25.0 Å². The van der Waals surface area contributed by atoms with E-state index in [-0.39, 0.29) is 18.8 Å². The van der Waals surface area contributed by atoms with E-state index in [4.69, 9.17) is 16.3 Å². The summed E-state index contributed by atoms with van der Waals surface area (Å²) in [6.45, 7) is 3.25. The normalized spacial score (nSPS) is 18.5. The third-order valence-corrected chi connectivity index (χ3v) is 4.98. The van der Waals surface area contributed by atoms with Crippen molar-refractivity contribution in [3.8, 4) is 0 Å². The summed E-state index contributed by atoms with van der Waals surface area (Å²) in [7, 11) is 0. The molecule has 0 saturated heterocycles. The zero-order valence-corrected chi connectivity index (χ0v) is 17.4. The summed E-state index contributed by atoms with van der Waals surface area (Å²) in [6.07, 6.45) is -4.54. The van der Waals surface area contributed by atoms with Crippen LogP contribution < -0.4 is 5.32 Å². The summed E-state index contributed by atoms with van der Waals surface area (Å²) in [5, 5.41) is 8.16. The Balaban J connectivity index is 1.90. The molecule has 0 radical (unpaired) electrons. The molecule has 2 aromatic rings. The summed E-state index contributed by atoms with van der Waals surface area (Å²) in [6, 6.07) is 10.0. The van der Waals surface area contributed by atoms with Crippen molar-refractivity contribution in [2.75, 3.05) is 18.5 Å². The average Bonchev–Trinajstić information content (AvgIpc) is 3.07. The van der Waals surface area contributed by atoms with Gasteiger partial charge in [0.1, 0.15) is 5.41 Å². The zero-order chi connectivity index (χ0) is 22.8. The summed E-state index contributed by atoms with van der Waals surface area (Å²) < 4.78 is 44.0. The number of benzene rings is 2. The first-order valence-corrected chi connectivity index (χ1v) is 9.70. The number of esters is 1. The molecule has 1 heterocycles. The molecule has 6 nitrogen and oxygen atoms in total. The van der Waals surface area contributed by atoms with Crippen molar-refractivity contribution in [3.05, 3.63) is 64.7 Å². The van der Waals surface area contributed by atoms with Crippen molar-refractivity contribution in [1.29, 1.82) is 0 Å². The van der Waals surface area contributed by atoms with E-state index in [1.807, 2.05) is 0 Å². The van der Waals surface area contributed by atoms with Crippen molar-refractivity contribution in [1.82, 2.24) is 5.01 Å². The quantitative estimate of drug-likeness (QED) is 0.648. The minimum absolute atomic E-state index is 0.0483. The molecule has 0 bridgehead atoms. The van der Waals surface area contributed by atoms with Crippen LogP contribution in [0.15, 0.2) is 53.6 Å². The van der Waals surface area contributed by atoms with Crippen molar-refractivity contribution < 1.29 is 27.5 Å². The van der Waals surface area contributed by atoms with Gasteiger partial charge in [0.25, 0.3) is 0 Å². The van der Waals surface area contributed by atoms with E-state index in [0.29, 0.717) is 16.3 Å². The molecule has 0 fully saturated rings. The van der Waals surface area contributed by atoms with Gasteiger partial charge in [-0.25, -0.2) is 9.80 Å². The molecular formula is C21H19ClF3N3O3. The Kier molecular flexibility index (Phi) is 6.26. The molecule has 0 saturated carbocycles. The topological polar surface area (TPSA) is 71.0 Å². The van der Waals surface area contributed by atoms with Gasteiger partial charge in [0, 0.05) is 10.7 Å². The SMILES string of the molecule is CCOC(=O)C1(C)CN(C(=O)Nc2cccc(C(F)(F)F)c2)N=C1c1ccc(Cl)cc1. The molecule has 1 aliphatic heterocycles. The number of alkyl halides is 3. The fourth-order valence-electron chi connectivity index (χ4n) is 3.16. The number of nitrogens with zero attached hydrogens (tertiary/aromatic N) is 2. The van der Waals surface area contributed by atoms with Crippen LogP contribution in [0.3, 0.4) is 0 Å². The molecule has 2 aromatic carbocycles. The number of hydrazone groups is 1. The van der Waals surface area contributed by atoms with Crippen LogP contribution in [0.2, 0.25) is 5.02 Å². The van der Waals surface area contributed by atoms with E-state index in [1.54, 1.807) is 38.1 Å². The van der Waals surface area contributed by atoms with Gasteiger partial charge in [0.2, 0.25) is 0 Å². The maximum absolute atomic E-state index is 12.9. The minimum Gasteiger partial charge on any atom is -0.465 e. The Morgan fingerprint density at radius 1 is 1.23 bits per heavy atom. The number of halogens is 4. The first-order chi connectivity index (χ1) is 14.5. The lowest BCUT2D eigenvalue weighted by atomic mass is 9.82. The number of nitrogens with one attached hydrogen (secondary N) is 1. The Morgan fingerprint density at radius 3 is 2.52 bits per heavy atom. The maximum Gasteiger partial charge on any atom is 0.416 e. The second-order valence-electron chi connectivity index (χ2n) is 7.07. The summed E-state index contributed by atoms with van der Waals surface area (Å²) >= 11 is 5.93. The molecule has 31 heavy (non-hydrogen) atoms. The van der Waals surface area contributed by atoms with E-state index in [9.17, 15) is 22.8 Å². The first kappa shape index (κ1) is 22.6. The molecule has 0 aromatic heterocycles. The molecule has 3 rings (SSSR count). The van der Waals surface area contributed by atoms with E-state index in [2.05, 4.69) is 10.4 Å². The molecule has 0 spiro atoms. The average molecular weight is 454 g/mol. The number of hydrogen-bond donors (Lipinski definition) is 1.